The predicted molar refractivity (Wildman–Crippen MR) is 122 cm³/mol. The summed E-state index contributed by atoms with van der Waals surface area (Å²) in [6.45, 7) is -0.453. The maximum Gasteiger partial charge on any atom is 0.491 e. The van der Waals surface area contributed by atoms with E-state index in [2.05, 4.69) is 9.47 Å². The molecule has 0 saturated heterocycles. The molecular formula is C23H20F6N4O6. The van der Waals surface area contributed by atoms with E-state index < -0.39 is 59.5 Å². The van der Waals surface area contributed by atoms with Crippen LogP contribution in [0.5, 0.6) is 17.2 Å². The number of nitrogen functional groups attached to an aromatic ring is 2. The maximum absolute atomic E-state index is 12.8. The highest BCUT2D eigenvalue weighted by Gasteiger charge is 2.44. The van der Waals surface area contributed by atoms with Crippen LogP contribution in [0.3, 0.4) is 0 Å². The van der Waals surface area contributed by atoms with E-state index in [0.29, 0.717) is 23.3 Å². The number of Topliss-reactive ketones (excluding diaryl/α,β-unsaturated/α-hetero) is 1. The number of alkyl halides is 6. The van der Waals surface area contributed by atoms with Crippen LogP contribution in [0.2, 0.25) is 0 Å². The third kappa shape index (κ3) is 8.44. The molecule has 0 spiro atoms. The first kappa shape index (κ1) is 30.6. The number of hydrogen-bond donors (Lipinski definition) is 4. The van der Waals surface area contributed by atoms with Crippen LogP contribution < -0.4 is 25.7 Å². The second-order valence-electron chi connectivity index (χ2n) is 7.68. The topological polar surface area (TPSA) is 179 Å². The molecule has 2 aromatic rings. The van der Waals surface area contributed by atoms with Crippen molar-refractivity contribution in [2.75, 3.05) is 6.61 Å². The van der Waals surface area contributed by atoms with Crippen molar-refractivity contribution >= 4 is 29.4 Å². The molecule has 0 aliphatic carbocycles. The van der Waals surface area contributed by atoms with E-state index in [1.807, 2.05) is 0 Å². The number of carbonyl (C=O) groups is 3. The Morgan fingerprint density at radius 3 is 1.77 bits per heavy atom. The van der Waals surface area contributed by atoms with Crippen LogP contribution in [0.15, 0.2) is 36.4 Å². The molecule has 39 heavy (non-hydrogen) atoms. The molecular weight excluding hydrogens is 542 g/mol. The van der Waals surface area contributed by atoms with Crippen LogP contribution in [0.25, 0.3) is 0 Å². The van der Waals surface area contributed by atoms with Gasteiger partial charge in [0.15, 0.2) is 17.3 Å². The Balaban J connectivity index is 2.24. The minimum Gasteiger partial charge on any atom is -0.486 e. The Hall–Kier alpha value is -4.63. The number of carbonyl (C=O) groups excluding carboxylic acids is 3. The van der Waals surface area contributed by atoms with Crippen molar-refractivity contribution in [3.8, 4) is 17.2 Å². The SMILES string of the molecule is N=C(N)c1ccc(C(=O)CCCCOc2c(OC(=O)C(F)(F)F)ccc(C(=N)N)c2OC(=O)C(F)(F)F)cc1. The summed E-state index contributed by atoms with van der Waals surface area (Å²) in [7, 11) is 0. The molecule has 210 valence electrons. The normalized spacial score (nSPS) is 11.4. The number of unbranched alkanes of at least 4 members (excludes halogenated alkanes) is 1. The monoisotopic (exact) mass is 562 g/mol. The van der Waals surface area contributed by atoms with Gasteiger partial charge in [0.2, 0.25) is 5.75 Å². The lowest BCUT2D eigenvalue weighted by Crippen LogP contribution is -2.30. The minimum atomic E-state index is -5.55. The number of hydrogen-bond acceptors (Lipinski definition) is 8. The molecule has 16 heteroatoms. The molecule has 0 saturated carbocycles. The van der Waals surface area contributed by atoms with Gasteiger partial charge in [-0.2, -0.15) is 26.3 Å². The summed E-state index contributed by atoms with van der Waals surface area (Å²) in [6, 6.07) is 7.19. The van der Waals surface area contributed by atoms with E-state index in [1.54, 1.807) is 0 Å². The van der Waals surface area contributed by atoms with Crippen molar-refractivity contribution in [3.05, 3.63) is 53.1 Å². The molecule has 2 rings (SSSR count). The second-order valence-corrected chi connectivity index (χ2v) is 7.68. The lowest BCUT2D eigenvalue weighted by atomic mass is 10.0. The number of rotatable bonds is 11. The fourth-order valence-corrected chi connectivity index (χ4v) is 2.93. The Morgan fingerprint density at radius 1 is 0.718 bits per heavy atom. The molecule has 10 nitrogen and oxygen atoms in total. The summed E-state index contributed by atoms with van der Waals surface area (Å²) in [6.07, 6.45) is -10.9. The Kier molecular flexibility index (Phi) is 9.63. The molecule has 6 N–H and O–H groups in total. The summed E-state index contributed by atoms with van der Waals surface area (Å²) in [5.41, 5.74) is 10.7. The lowest BCUT2D eigenvalue weighted by molar-refractivity contribution is -0.190. The van der Waals surface area contributed by atoms with Gasteiger partial charge in [-0.15, -0.1) is 0 Å². The lowest BCUT2D eigenvalue weighted by Gasteiger charge is -2.19. The van der Waals surface area contributed by atoms with E-state index in [9.17, 15) is 40.7 Å². The number of benzene rings is 2. The standard InChI is InChI=1S/C23H20F6N4O6/c24-22(25,26)20(35)38-15-9-8-13(19(32)33)16(39-21(36)23(27,28)29)17(15)37-10-2-1-3-14(34)11-4-6-12(7-5-11)18(30)31/h4-9H,1-3,10H2,(H3,30,31)(H3,32,33). The van der Waals surface area contributed by atoms with Crippen molar-refractivity contribution < 1.29 is 54.9 Å². The van der Waals surface area contributed by atoms with Crippen LogP contribution in [0, 0.1) is 10.8 Å². The average Bonchev–Trinajstić information content (AvgIpc) is 2.83. The highest BCUT2D eigenvalue weighted by molar-refractivity contribution is 6.00. The molecule has 0 radical (unpaired) electrons. The number of nitrogens with two attached hydrogens (primary N) is 2. The molecule has 0 atom stereocenters. The summed E-state index contributed by atoms with van der Waals surface area (Å²) in [5, 5.41) is 14.8. The number of amidine groups is 2. The first-order chi connectivity index (χ1) is 18.0. The first-order valence-electron chi connectivity index (χ1n) is 10.7. The molecule has 0 aliphatic rings. The van der Waals surface area contributed by atoms with E-state index >= 15 is 0 Å². The predicted octanol–water partition coefficient (Wildman–Crippen LogP) is 3.62. The van der Waals surface area contributed by atoms with Crippen molar-refractivity contribution in [1.29, 1.82) is 10.8 Å². The molecule has 0 unspecified atom stereocenters. The third-order valence-electron chi connectivity index (χ3n) is 4.79. The van der Waals surface area contributed by atoms with Crippen LogP contribution in [-0.2, 0) is 9.59 Å². The van der Waals surface area contributed by atoms with Crippen molar-refractivity contribution in [2.24, 2.45) is 11.5 Å². The van der Waals surface area contributed by atoms with Gasteiger partial charge in [-0.3, -0.25) is 15.6 Å². The summed E-state index contributed by atoms with van der Waals surface area (Å²) < 4.78 is 90.2. The van der Waals surface area contributed by atoms with Gasteiger partial charge in [0.1, 0.15) is 11.7 Å². The third-order valence-corrected chi connectivity index (χ3v) is 4.79. The number of ether oxygens (including phenoxy) is 3. The molecule has 0 heterocycles. The largest absolute Gasteiger partial charge is 0.491 e. The first-order valence-corrected chi connectivity index (χ1v) is 10.7. The highest BCUT2D eigenvalue weighted by Crippen LogP contribution is 2.42. The van der Waals surface area contributed by atoms with Crippen LogP contribution >= 0.6 is 0 Å². The van der Waals surface area contributed by atoms with E-state index in [4.69, 9.17) is 27.0 Å². The quantitative estimate of drug-likeness (QED) is 0.0610. The molecule has 0 fully saturated rings. The molecule has 0 amide bonds. The molecule has 0 aromatic heterocycles. The zero-order valence-electron chi connectivity index (χ0n) is 19.7. The van der Waals surface area contributed by atoms with E-state index in [-0.39, 0.29) is 30.9 Å². The fourth-order valence-electron chi connectivity index (χ4n) is 2.93. The van der Waals surface area contributed by atoms with Gasteiger partial charge in [0.05, 0.1) is 12.2 Å². The zero-order chi connectivity index (χ0) is 29.5. The molecule has 2 aromatic carbocycles. The number of nitrogens with one attached hydrogen (secondary N) is 2. The Bertz CT molecular complexity index is 1280. The summed E-state index contributed by atoms with van der Waals surface area (Å²) in [5.74, 6) is -10.3. The smallest absolute Gasteiger partial charge is 0.486 e. The highest BCUT2D eigenvalue weighted by atomic mass is 19.4. The van der Waals surface area contributed by atoms with Crippen molar-refractivity contribution in [3.63, 3.8) is 0 Å². The van der Waals surface area contributed by atoms with Crippen molar-refractivity contribution in [2.45, 2.75) is 31.6 Å². The number of esters is 2. The fraction of sp³-hybridized carbons (Fsp3) is 0.261. The van der Waals surface area contributed by atoms with Crippen molar-refractivity contribution in [1.82, 2.24) is 0 Å². The van der Waals surface area contributed by atoms with Gasteiger partial charge in [0, 0.05) is 17.5 Å². The van der Waals surface area contributed by atoms with Gasteiger partial charge < -0.3 is 25.7 Å². The summed E-state index contributed by atoms with van der Waals surface area (Å²) in [4.78, 5) is 35.1. The van der Waals surface area contributed by atoms with E-state index in [0.717, 1.165) is 0 Å². The zero-order valence-corrected chi connectivity index (χ0v) is 19.7. The van der Waals surface area contributed by atoms with Gasteiger partial charge in [-0.25, -0.2) is 9.59 Å². The van der Waals surface area contributed by atoms with Gasteiger partial charge in [-0.1, -0.05) is 24.3 Å². The van der Waals surface area contributed by atoms with Crippen LogP contribution in [0.1, 0.15) is 40.7 Å². The number of ketones is 1. The summed E-state index contributed by atoms with van der Waals surface area (Å²) >= 11 is 0. The average molecular weight is 562 g/mol. The van der Waals surface area contributed by atoms with Gasteiger partial charge in [0.25, 0.3) is 0 Å². The van der Waals surface area contributed by atoms with Gasteiger partial charge >= 0.3 is 24.3 Å². The van der Waals surface area contributed by atoms with Crippen LogP contribution in [-0.4, -0.2) is 48.4 Å². The number of halogens is 6. The second kappa shape index (κ2) is 12.3. The Labute approximate surface area is 215 Å². The minimum absolute atomic E-state index is 0.0148. The van der Waals surface area contributed by atoms with Crippen LogP contribution in [0.4, 0.5) is 26.3 Å². The Morgan fingerprint density at radius 2 is 1.26 bits per heavy atom. The van der Waals surface area contributed by atoms with Gasteiger partial charge in [-0.05, 0) is 25.0 Å². The molecule has 0 bridgehead atoms. The van der Waals surface area contributed by atoms with E-state index in [1.165, 1.54) is 24.3 Å². The maximum atomic E-state index is 12.8. The molecule has 0 aliphatic heterocycles.